The van der Waals surface area contributed by atoms with E-state index in [1.807, 2.05) is 6.07 Å². The van der Waals surface area contributed by atoms with E-state index in [9.17, 15) is 0 Å². The molecule has 0 spiro atoms. The van der Waals surface area contributed by atoms with Crippen LogP contribution in [0, 0.1) is 0 Å². The lowest BCUT2D eigenvalue weighted by atomic mass is 9.89. The molecule has 2 nitrogen and oxygen atoms in total. The average Bonchev–Trinajstić information content (AvgIpc) is 3.69. The number of hydrogen-bond acceptors (Lipinski definition) is 2. The van der Waals surface area contributed by atoms with Gasteiger partial charge in [-0.1, -0.05) is 170 Å². The fraction of sp³-hybridized carbons (Fsp3) is 0. The zero-order chi connectivity index (χ0) is 38.4. The van der Waals surface area contributed by atoms with Crippen molar-refractivity contribution < 1.29 is 4.42 Å². The first kappa shape index (κ1) is 33.6. The minimum absolute atomic E-state index is 0.872. The molecule has 0 aliphatic rings. The van der Waals surface area contributed by atoms with Gasteiger partial charge in [0.1, 0.15) is 11.2 Å². The van der Waals surface area contributed by atoms with Crippen LogP contribution in [-0.2, 0) is 0 Å². The molecular formula is C56H37NO. The standard InChI is InChI=1S/C56H37NO/c1-3-14-38(15-4-1)43-30-31-46-37-48(33-32-45(46)35-43)57(47-21-11-20-42(36-47)44-29-28-39-16-7-8-19-41(39)34-44)52-25-12-23-49(40-17-5-2-6-18-40)55(52)51-24-13-27-54-56(51)50-22-9-10-26-53(50)58-54/h1-37H. The largest absolute Gasteiger partial charge is 0.456 e. The number of rotatable bonds is 7. The van der Waals surface area contributed by atoms with Crippen LogP contribution in [0.5, 0.6) is 0 Å². The van der Waals surface area contributed by atoms with Crippen LogP contribution in [0.25, 0.3) is 88.0 Å². The SMILES string of the molecule is c1ccc(-c2ccc3cc(N(c4cccc(-c5ccc6ccccc6c5)c4)c4cccc(-c5ccccc5)c4-c4cccc5oc6ccccc6c45)ccc3c2)cc1. The van der Waals surface area contributed by atoms with Crippen molar-refractivity contribution in [3.05, 3.63) is 224 Å². The van der Waals surface area contributed by atoms with E-state index in [2.05, 4.69) is 223 Å². The highest BCUT2D eigenvalue weighted by molar-refractivity contribution is 6.16. The highest BCUT2D eigenvalue weighted by Gasteiger charge is 2.24. The number of para-hydroxylation sites is 1. The Morgan fingerprint density at radius 2 is 0.862 bits per heavy atom. The molecular weight excluding hydrogens is 703 g/mol. The lowest BCUT2D eigenvalue weighted by Crippen LogP contribution is -2.12. The van der Waals surface area contributed by atoms with Crippen molar-refractivity contribution in [3.63, 3.8) is 0 Å². The fourth-order valence-electron chi connectivity index (χ4n) is 8.65. The second-order valence-corrected chi connectivity index (χ2v) is 14.9. The Kier molecular flexibility index (Phi) is 8.19. The van der Waals surface area contributed by atoms with Crippen LogP contribution in [0.15, 0.2) is 229 Å². The normalized spacial score (nSPS) is 11.4. The molecule has 0 amide bonds. The van der Waals surface area contributed by atoms with Gasteiger partial charge in [-0.05, 0) is 115 Å². The number of fused-ring (bicyclic) bond motifs is 5. The molecule has 0 bridgehead atoms. The van der Waals surface area contributed by atoms with Gasteiger partial charge in [-0.25, -0.2) is 0 Å². The van der Waals surface area contributed by atoms with Crippen molar-refractivity contribution in [1.82, 2.24) is 0 Å². The molecule has 58 heavy (non-hydrogen) atoms. The zero-order valence-corrected chi connectivity index (χ0v) is 31.7. The van der Waals surface area contributed by atoms with Gasteiger partial charge in [-0.2, -0.15) is 0 Å². The average molecular weight is 740 g/mol. The third kappa shape index (κ3) is 5.91. The van der Waals surface area contributed by atoms with Crippen LogP contribution in [0.3, 0.4) is 0 Å². The molecule has 0 aliphatic heterocycles. The molecule has 11 aromatic rings. The quantitative estimate of drug-likeness (QED) is 0.162. The van der Waals surface area contributed by atoms with Gasteiger partial charge in [-0.3, -0.25) is 0 Å². The molecule has 0 unspecified atom stereocenters. The van der Waals surface area contributed by atoms with Crippen LogP contribution < -0.4 is 4.90 Å². The Morgan fingerprint density at radius 3 is 1.71 bits per heavy atom. The van der Waals surface area contributed by atoms with Crippen molar-refractivity contribution in [2.75, 3.05) is 4.90 Å². The van der Waals surface area contributed by atoms with E-state index in [1.165, 1.54) is 38.2 Å². The Labute approximate surface area is 337 Å². The van der Waals surface area contributed by atoms with Gasteiger partial charge < -0.3 is 9.32 Å². The van der Waals surface area contributed by atoms with Crippen LogP contribution in [0.4, 0.5) is 17.1 Å². The van der Waals surface area contributed by atoms with Crippen molar-refractivity contribution >= 4 is 60.5 Å². The molecule has 0 N–H and O–H groups in total. The lowest BCUT2D eigenvalue weighted by molar-refractivity contribution is 0.669. The number of furan rings is 1. The highest BCUT2D eigenvalue weighted by Crippen LogP contribution is 2.49. The molecule has 0 aliphatic carbocycles. The second-order valence-electron chi connectivity index (χ2n) is 14.9. The van der Waals surface area contributed by atoms with Gasteiger partial charge in [0.15, 0.2) is 0 Å². The van der Waals surface area contributed by atoms with Gasteiger partial charge in [0, 0.05) is 27.7 Å². The molecule has 1 heterocycles. The second kappa shape index (κ2) is 14.1. The number of benzene rings is 10. The van der Waals surface area contributed by atoms with Crippen molar-refractivity contribution in [3.8, 4) is 44.5 Å². The van der Waals surface area contributed by atoms with E-state index in [4.69, 9.17) is 4.42 Å². The Hall–Kier alpha value is -7.68. The topological polar surface area (TPSA) is 16.4 Å². The Balaban J connectivity index is 1.18. The number of anilines is 3. The summed E-state index contributed by atoms with van der Waals surface area (Å²) in [6.45, 7) is 0. The maximum atomic E-state index is 6.50. The van der Waals surface area contributed by atoms with Gasteiger partial charge >= 0.3 is 0 Å². The van der Waals surface area contributed by atoms with Crippen molar-refractivity contribution in [1.29, 1.82) is 0 Å². The molecule has 10 aromatic carbocycles. The van der Waals surface area contributed by atoms with E-state index in [1.54, 1.807) is 0 Å². The summed E-state index contributed by atoms with van der Waals surface area (Å²) in [7, 11) is 0. The Bertz CT molecular complexity index is 3290. The van der Waals surface area contributed by atoms with E-state index < -0.39 is 0 Å². The fourth-order valence-corrected chi connectivity index (χ4v) is 8.65. The zero-order valence-electron chi connectivity index (χ0n) is 31.7. The lowest BCUT2D eigenvalue weighted by Gasteiger charge is -2.30. The van der Waals surface area contributed by atoms with E-state index >= 15 is 0 Å². The molecule has 0 atom stereocenters. The van der Waals surface area contributed by atoms with Crippen molar-refractivity contribution in [2.24, 2.45) is 0 Å². The van der Waals surface area contributed by atoms with Crippen LogP contribution >= 0.6 is 0 Å². The monoisotopic (exact) mass is 739 g/mol. The van der Waals surface area contributed by atoms with E-state index in [0.717, 1.165) is 66.8 Å². The summed E-state index contributed by atoms with van der Waals surface area (Å²) in [5.74, 6) is 0. The van der Waals surface area contributed by atoms with Gasteiger partial charge in [0.05, 0.1) is 5.69 Å². The minimum Gasteiger partial charge on any atom is -0.456 e. The van der Waals surface area contributed by atoms with E-state index in [-0.39, 0.29) is 0 Å². The molecule has 1 aromatic heterocycles. The van der Waals surface area contributed by atoms with Crippen LogP contribution in [0.1, 0.15) is 0 Å². The summed E-state index contributed by atoms with van der Waals surface area (Å²) in [4.78, 5) is 2.44. The predicted octanol–water partition coefficient (Wildman–Crippen LogP) is 16.0. The number of hydrogen-bond donors (Lipinski definition) is 0. The third-order valence-corrected chi connectivity index (χ3v) is 11.4. The van der Waals surface area contributed by atoms with E-state index in [0.29, 0.717) is 0 Å². The maximum absolute atomic E-state index is 6.50. The van der Waals surface area contributed by atoms with Crippen LogP contribution in [0.2, 0.25) is 0 Å². The summed E-state index contributed by atoms with van der Waals surface area (Å²) < 4.78 is 6.50. The molecule has 0 saturated heterocycles. The predicted molar refractivity (Wildman–Crippen MR) is 245 cm³/mol. The first-order valence-corrected chi connectivity index (χ1v) is 19.8. The highest BCUT2D eigenvalue weighted by atomic mass is 16.3. The molecule has 2 heteroatoms. The summed E-state index contributed by atoms with van der Waals surface area (Å²) in [5.41, 5.74) is 14.3. The molecule has 11 rings (SSSR count). The summed E-state index contributed by atoms with van der Waals surface area (Å²) >= 11 is 0. The van der Waals surface area contributed by atoms with Gasteiger partial charge in [0.25, 0.3) is 0 Å². The number of nitrogens with zero attached hydrogens (tertiary/aromatic N) is 1. The van der Waals surface area contributed by atoms with Gasteiger partial charge in [-0.15, -0.1) is 0 Å². The summed E-state index contributed by atoms with van der Waals surface area (Å²) in [6.07, 6.45) is 0. The van der Waals surface area contributed by atoms with Crippen LogP contribution in [-0.4, -0.2) is 0 Å². The summed E-state index contributed by atoms with van der Waals surface area (Å²) in [6, 6.07) is 80.9. The van der Waals surface area contributed by atoms with Crippen molar-refractivity contribution in [2.45, 2.75) is 0 Å². The Morgan fingerprint density at radius 1 is 0.310 bits per heavy atom. The summed E-state index contributed by atoms with van der Waals surface area (Å²) in [5, 5.41) is 7.05. The molecule has 272 valence electrons. The molecule has 0 radical (unpaired) electrons. The maximum Gasteiger partial charge on any atom is 0.136 e. The first-order chi connectivity index (χ1) is 28.7. The smallest absolute Gasteiger partial charge is 0.136 e. The molecule has 0 saturated carbocycles. The minimum atomic E-state index is 0.872. The van der Waals surface area contributed by atoms with Gasteiger partial charge in [0.2, 0.25) is 0 Å². The molecule has 0 fully saturated rings. The first-order valence-electron chi connectivity index (χ1n) is 19.8. The third-order valence-electron chi connectivity index (χ3n) is 11.4.